The standard InChI is InChI=1S/C28H27ClN4O2/c1-20(30-27(34)22-13-7-4-8-14-22)28(35)32(2)17-24-19-33(18-23-15-9-10-16-25(23)29)31-26(24)21-11-5-3-6-12-21/h3-16,19-20H,17-18H2,1-2H3,(H,30,34). The first-order chi connectivity index (χ1) is 16.9. The third-order valence-corrected chi connectivity index (χ3v) is 6.08. The smallest absolute Gasteiger partial charge is 0.251 e. The van der Waals surface area contributed by atoms with Gasteiger partial charge in [0.05, 0.1) is 12.2 Å². The molecule has 1 N–H and O–H groups in total. The van der Waals surface area contributed by atoms with Crippen LogP contribution in [0, 0.1) is 0 Å². The van der Waals surface area contributed by atoms with E-state index in [1.165, 1.54) is 0 Å². The molecular formula is C28H27ClN4O2. The van der Waals surface area contributed by atoms with Crippen LogP contribution in [-0.4, -0.2) is 39.6 Å². The van der Waals surface area contributed by atoms with E-state index in [1.54, 1.807) is 43.1 Å². The van der Waals surface area contributed by atoms with Crippen molar-refractivity contribution in [3.8, 4) is 11.3 Å². The number of carbonyl (C=O) groups excluding carboxylic acids is 2. The van der Waals surface area contributed by atoms with E-state index in [-0.39, 0.29) is 11.8 Å². The summed E-state index contributed by atoms with van der Waals surface area (Å²) < 4.78 is 1.85. The Kier molecular flexibility index (Phi) is 7.63. The Labute approximate surface area is 210 Å². The number of rotatable bonds is 8. The molecule has 0 aliphatic heterocycles. The number of hydrogen-bond donors (Lipinski definition) is 1. The fraction of sp³-hybridized carbons (Fsp3) is 0.179. The third-order valence-electron chi connectivity index (χ3n) is 5.71. The third kappa shape index (κ3) is 5.97. The van der Waals surface area contributed by atoms with Gasteiger partial charge in [0, 0.05) is 41.5 Å². The zero-order chi connectivity index (χ0) is 24.8. The van der Waals surface area contributed by atoms with Gasteiger partial charge >= 0.3 is 0 Å². The number of hydrogen-bond acceptors (Lipinski definition) is 3. The highest BCUT2D eigenvalue weighted by atomic mass is 35.5. The van der Waals surface area contributed by atoms with Gasteiger partial charge < -0.3 is 10.2 Å². The second-order valence-electron chi connectivity index (χ2n) is 8.41. The molecule has 0 aliphatic rings. The summed E-state index contributed by atoms with van der Waals surface area (Å²) in [6.07, 6.45) is 1.95. The van der Waals surface area contributed by atoms with Crippen molar-refractivity contribution >= 4 is 23.4 Å². The minimum absolute atomic E-state index is 0.188. The number of halogens is 1. The van der Waals surface area contributed by atoms with Crippen LogP contribution in [0.4, 0.5) is 0 Å². The average Bonchev–Trinajstić information content (AvgIpc) is 3.27. The van der Waals surface area contributed by atoms with E-state index in [4.69, 9.17) is 16.7 Å². The summed E-state index contributed by atoms with van der Waals surface area (Å²) in [4.78, 5) is 27.2. The number of carbonyl (C=O) groups is 2. The summed E-state index contributed by atoms with van der Waals surface area (Å²) >= 11 is 6.36. The molecular weight excluding hydrogens is 460 g/mol. The Balaban J connectivity index is 1.52. The molecule has 1 aromatic heterocycles. The number of nitrogens with one attached hydrogen (secondary N) is 1. The summed E-state index contributed by atoms with van der Waals surface area (Å²) in [5, 5.41) is 8.28. The molecule has 4 rings (SSSR count). The first-order valence-corrected chi connectivity index (χ1v) is 11.8. The Bertz CT molecular complexity index is 1310. The Morgan fingerprint density at radius 1 is 0.943 bits per heavy atom. The summed E-state index contributed by atoms with van der Waals surface area (Å²) in [6, 6.07) is 25.7. The highest BCUT2D eigenvalue weighted by molar-refractivity contribution is 6.31. The maximum absolute atomic E-state index is 13.1. The van der Waals surface area contributed by atoms with E-state index in [9.17, 15) is 9.59 Å². The van der Waals surface area contributed by atoms with Gasteiger partial charge in [-0.3, -0.25) is 14.3 Å². The molecule has 3 aromatic carbocycles. The van der Waals surface area contributed by atoms with Crippen molar-refractivity contribution in [1.29, 1.82) is 0 Å². The zero-order valence-corrected chi connectivity index (χ0v) is 20.4. The van der Waals surface area contributed by atoms with Gasteiger partial charge in [0.2, 0.25) is 5.91 Å². The molecule has 0 bridgehead atoms. The molecule has 2 amide bonds. The highest BCUT2D eigenvalue weighted by Gasteiger charge is 2.22. The molecule has 7 heteroatoms. The van der Waals surface area contributed by atoms with Crippen LogP contribution in [0.1, 0.15) is 28.4 Å². The fourth-order valence-corrected chi connectivity index (χ4v) is 4.09. The number of benzene rings is 3. The monoisotopic (exact) mass is 486 g/mol. The Morgan fingerprint density at radius 3 is 2.26 bits per heavy atom. The SMILES string of the molecule is CC(NC(=O)c1ccccc1)C(=O)N(C)Cc1cn(Cc2ccccc2Cl)nc1-c1ccccc1. The summed E-state index contributed by atoms with van der Waals surface area (Å²) in [5.41, 5.74) is 4.15. The minimum Gasteiger partial charge on any atom is -0.341 e. The quantitative estimate of drug-likeness (QED) is 0.380. The predicted octanol–water partition coefficient (Wildman–Crippen LogP) is 5.03. The number of amides is 2. The first-order valence-electron chi connectivity index (χ1n) is 11.4. The molecule has 178 valence electrons. The van der Waals surface area contributed by atoms with Gasteiger partial charge in [-0.15, -0.1) is 0 Å². The lowest BCUT2D eigenvalue weighted by molar-refractivity contribution is -0.132. The highest BCUT2D eigenvalue weighted by Crippen LogP contribution is 2.24. The molecule has 0 saturated carbocycles. The molecule has 0 saturated heterocycles. The van der Waals surface area contributed by atoms with Gasteiger partial charge in [-0.25, -0.2) is 0 Å². The van der Waals surface area contributed by atoms with Crippen LogP contribution in [0.5, 0.6) is 0 Å². The summed E-state index contributed by atoms with van der Waals surface area (Å²) in [6.45, 7) is 2.55. The normalized spacial score (nSPS) is 11.6. The molecule has 1 unspecified atom stereocenters. The van der Waals surface area contributed by atoms with Crippen LogP contribution in [-0.2, 0) is 17.9 Å². The summed E-state index contributed by atoms with van der Waals surface area (Å²) in [5.74, 6) is -0.468. The van der Waals surface area contributed by atoms with Crippen LogP contribution < -0.4 is 5.32 Å². The maximum Gasteiger partial charge on any atom is 0.251 e. The van der Waals surface area contributed by atoms with Gasteiger partial charge in [0.25, 0.3) is 5.91 Å². The van der Waals surface area contributed by atoms with Crippen LogP contribution in [0.15, 0.2) is 91.1 Å². The Morgan fingerprint density at radius 2 is 1.57 bits per heavy atom. The van der Waals surface area contributed by atoms with Gasteiger partial charge in [-0.1, -0.05) is 78.3 Å². The van der Waals surface area contributed by atoms with E-state index in [0.717, 1.165) is 22.4 Å². The lowest BCUT2D eigenvalue weighted by Gasteiger charge is -2.22. The van der Waals surface area contributed by atoms with Crippen LogP contribution in [0.25, 0.3) is 11.3 Å². The van der Waals surface area contributed by atoms with Gasteiger partial charge in [0.15, 0.2) is 0 Å². The van der Waals surface area contributed by atoms with Crippen molar-refractivity contribution in [3.63, 3.8) is 0 Å². The zero-order valence-electron chi connectivity index (χ0n) is 19.7. The Hall–Kier alpha value is -3.90. The van der Waals surface area contributed by atoms with Crippen molar-refractivity contribution < 1.29 is 9.59 Å². The van der Waals surface area contributed by atoms with E-state index < -0.39 is 6.04 Å². The van der Waals surface area contributed by atoms with Gasteiger partial charge in [0.1, 0.15) is 6.04 Å². The molecule has 6 nitrogen and oxygen atoms in total. The van der Waals surface area contributed by atoms with Crippen molar-refractivity contribution in [3.05, 3.63) is 113 Å². The van der Waals surface area contributed by atoms with Crippen molar-refractivity contribution in [1.82, 2.24) is 20.0 Å². The van der Waals surface area contributed by atoms with Crippen LogP contribution in [0.2, 0.25) is 5.02 Å². The minimum atomic E-state index is -0.675. The molecule has 1 atom stereocenters. The predicted molar refractivity (Wildman–Crippen MR) is 138 cm³/mol. The van der Waals surface area contributed by atoms with Crippen molar-refractivity contribution in [2.45, 2.75) is 26.1 Å². The summed E-state index contributed by atoms with van der Waals surface area (Å²) in [7, 11) is 1.73. The second kappa shape index (κ2) is 11.0. The molecule has 0 fully saturated rings. The molecule has 1 heterocycles. The maximum atomic E-state index is 13.1. The number of aromatic nitrogens is 2. The lowest BCUT2D eigenvalue weighted by atomic mass is 10.1. The van der Waals surface area contributed by atoms with Gasteiger partial charge in [-0.2, -0.15) is 5.10 Å². The van der Waals surface area contributed by atoms with Crippen LogP contribution in [0.3, 0.4) is 0 Å². The van der Waals surface area contributed by atoms with E-state index >= 15 is 0 Å². The molecule has 0 aliphatic carbocycles. The molecule has 0 radical (unpaired) electrons. The fourth-order valence-electron chi connectivity index (χ4n) is 3.89. The molecule has 4 aromatic rings. The average molecular weight is 487 g/mol. The van der Waals surface area contributed by atoms with Gasteiger partial charge in [-0.05, 0) is 30.7 Å². The topological polar surface area (TPSA) is 67.2 Å². The second-order valence-corrected chi connectivity index (χ2v) is 8.82. The van der Waals surface area contributed by atoms with E-state index in [0.29, 0.717) is 23.7 Å². The lowest BCUT2D eigenvalue weighted by Crippen LogP contribution is -2.45. The number of likely N-dealkylation sites (N-methyl/N-ethyl adjacent to an activating group) is 1. The number of nitrogens with zero attached hydrogens (tertiary/aromatic N) is 3. The van der Waals surface area contributed by atoms with Crippen molar-refractivity contribution in [2.75, 3.05) is 7.05 Å². The van der Waals surface area contributed by atoms with E-state index in [2.05, 4.69) is 5.32 Å². The van der Waals surface area contributed by atoms with Crippen molar-refractivity contribution in [2.24, 2.45) is 0 Å². The first kappa shape index (κ1) is 24.2. The molecule has 0 spiro atoms. The largest absolute Gasteiger partial charge is 0.341 e. The molecule has 35 heavy (non-hydrogen) atoms. The van der Waals surface area contributed by atoms with Crippen LogP contribution >= 0.6 is 11.6 Å². The van der Waals surface area contributed by atoms with E-state index in [1.807, 2.05) is 71.5 Å².